The summed E-state index contributed by atoms with van der Waals surface area (Å²) in [4.78, 5) is 11.8. The lowest BCUT2D eigenvalue weighted by Crippen LogP contribution is -2.44. The molecule has 1 saturated heterocycles. The van der Waals surface area contributed by atoms with Crippen LogP contribution in [0, 0.1) is 0 Å². The summed E-state index contributed by atoms with van der Waals surface area (Å²) < 4.78 is 0. The molecule has 0 spiro atoms. The third kappa shape index (κ3) is 3.43. The minimum absolute atomic E-state index is 0.0000113. The van der Waals surface area contributed by atoms with Crippen LogP contribution in [0.5, 0.6) is 0 Å². The van der Waals surface area contributed by atoms with Gasteiger partial charge in [0.1, 0.15) is 0 Å². The molecule has 2 unspecified atom stereocenters. The molecule has 92 valence electrons. The summed E-state index contributed by atoms with van der Waals surface area (Å²) in [5.74, 6) is -0.0218. The summed E-state index contributed by atoms with van der Waals surface area (Å²) in [5, 5.41) is 3.55. The molecule has 1 heterocycles. The molecule has 17 heavy (non-hydrogen) atoms. The molecule has 1 aromatic rings. The number of rotatable bonds is 3. The highest BCUT2D eigenvalue weighted by atomic mass is 35.5. The van der Waals surface area contributed by atoms with Crippen molar-refractivity contribution in [1.82, 2.24) is 16.2 Å². The smallest absolute Gasteiger partial charge is 0.225 e. The fraction of sp³-hybridized carbons (Fsp3) is 0.417. The first-order valence-corrected chi connectivity index (χ1v) is 6.07. The third-order valence-corrected chi connectivity index (χ3v) is 3.11. The second-order valence-corrected chi connectivity index (χ2v) is 4.72. The first kappa shape index (κ1) is 12.4. The first-order chi connectivity index (χ1) is 8.15. The zero-order valence-corrected chi connectivity index (χ0v) is 10.4. The highest BCUT2D eigenvalue weighted by Crippen LogP contribution is 2.15. The predicted octanol–water partition coefficient (Wildman–Crippen LogP) is 1.21. The van der Waals surface area contributed by atoms with Crippen molar-refractivity contribution in [3.05, 3.63) is 34.9 Å². The molecular weight excluding hydrogens is 238 g/mol. The first-order valence-electron chi connectivity index (χ1n) is 5.69. The molecule has 0 bridgehead atoms. The van der Waals surface area contributed by atoms with Gasteiger partial charge in [0.15, 0.2) is 0 Å². The standard InChI is InChI=1S/C12H16ClN3O/c1-8-6-11(16-15-8)14-12(17)7-9-4-2-3-5-10(9)13/h2-5,8,11,15-16H,6-7H2,1H3,(H,14,17). The zero-order chi connectivity index (χ0) is 12.3. The molecule has 1 aliphatic rings. The number of nitrogens with one attached hydrogen (secondary N) is 3. The summed E-state index contributed by atoms with van der Waals surface area (Å²) >= 11 is 6.00. The number of carbonyl (C=O) groups excluding carboxylic acids is 1. The number of amides is 1. The van der Waals surface area contributed by atoms with Crippen LogP contribution < -0.4 is 16.2 Å². The molecule has 1 amide bonds. The monoisotopic (exact) mass is 253 g/mol. The largest absolute Gasteiger partial charge is 0.339 e. The van der Waals surface area contributed by atoms with Gasteiger partial charge in [-0.3, -0.25) is 10.2 Å². The van der Waals surface area contributed by atoms with E-state index in [2.05, 4.69) is 23.1 Å². The van der Waals surface area contributed by atoms with Gasteiger partial charge in [0.2, 0.25) is 5.91 Å². The highest BCUT2D eigenvalue weighted by molar-refractivity contribution is 6.31. The second kappa shape index (κ2) is 5.49. The van der Waals surface area contributed by atoms with E-state index in [4.69, 9.17) is 11.6 Å². The Bertz CT molecular complexity index is 410. The van der Waals surface area contributed by atoms with Gasteiger partial charge in [0.05, 0.1) is 12.6 Å². The Hall–Kier alpha value is -1.10. The molecule has 5 heteroatoms. The second-order valence-electron chi connectivity index (χ2n) is 4.31. The lowest BCUT2D eigenvalue weighted by atomic mass is 10.1. The van der Waals surface area contributed by atoms with E-state index in [0.717, 1.165) is 12.0 Å². The summed E-state index contributed by atoms with van der Waals surface area (Å²) in [6, 6.07) is 7.77. The van der Waals surface area contributed by atoms with Crippen LogP contribution in [-0.2, 0) is 11.2 Å². The molecule has 0 radical (unpaired) electrons. The van der Waals surface area contributed by atoms with E-state index >= 15 is 0 Å². The number of benzene rings is 1. The molecule has 1 aliphatic heterocycles. The highest BCUT2D eigenvalue weighted by Gasteiger charge is 2.21. The van der Waals surface area contributed by atoms with Gasteiger partial charge in [-0.1, -0.05) is 29.8 Å². The molecular formula is C12H16ClN3O. The van der Waals surface area contributed by atoms with Crippen LogP contribution in [0.1, 0.15) is 18.9 Å². The van der Waals surface area contributed by atoms with Crippen LogP contribution >= 0.6 is 11.6 Å². The van der Waals surface area contributed by atoms with E-state index in [1.165, 1.54) is 0 Å². The number of halogens is 1. The van der Waals surface area contributed by atoms with Gasteiger partial charge in [0, 0.05) is 11.1 Å². The van der Waals surface area contributed by atoms with E-state index in [1.807, 2.05) is 18.2 Å². The van der Waals surface area contributed by atoms with Crippen LogP contribution in [-0.4, -0.2) is 18.1 Å². The van der Waals surface area contributed by atoms with Gasteiger partial charge < -0.3 is 5.32 Å². The molecule has 3 N–H and O–H groups in total. The van der Waals surface area contributed by atoms with Crippen molar-refractivity contribution >= 4 is 17.5 Å². The van der Waals surface area contributed by atoms with Crippen molar-refractivity contribution in [3.8, 4) is 0 Å². The van der Waals surface area contributed by atoms with Crippen molar-refractivity contribution in [3.63, 3.8) is 0 Å². The Balaban J connectivity index is 1.87. The van der Waals surface area contributed by atoms with Crippen LogP contribution in [0.25, 0.3) is 0 Å². The Kier molecular flexibility index (Phi) is 3.99. The van der Waals surface area contributed by atoms with Crippen molar-refractivity contribution in [2.45, 2.75) is 32.0 Å². The predicted molar refractivity (Wildman–Crippen MR) is 67.4 cm³/mol. The maximum Gasteiger partial charge on any atom is 0.225 e. The minimum Gasteiger partial charge on any atom is -0.339 e. The number of hydrogen-bond donors (Lipinski definition) is 3. The van der Waals surface area contributed by atoms with E-state index < -0.39 is 0 Å². The lowest BCUT2D eigenvalue weighted by molar-refractivity contribution is -0.121. The SMILES string of the molecule is CC1CC(NC(=O)Cc2ccccc2Cl)NN1. The molecule has 0 aromatic heterocycles. The quantitative estimate of drug-likeness (QED) is 0.759. The van der Waals surface area contributed by atoms with E-state index in [1.54, 1.807) is 6.07 Å². The zero-order valence-electron chi connectivity index (χ0n) is 9.66. The molecule has 4 nitrogen and oxygen atoms in total. The molecule has 0 aliphatic carbocycles. The normalized spacial score (nSPS) is 23.6. The molecule has 1 fully saturated rings. The van der Waals surface area contributed by atoms with Crippen LogP contribution in [0.2, 0.25) is 5.02 Å². The summed E-state index contributed by atoms with van der Waals surface area (Å²) in [5.41, 5.74) is 6.93. The van der Waals surface area contributed by atoms with Gasteiger partial charge in [0.25, 0.3) is 0 Å². The van der Waals surface area contributed by atoms with Crippen LogP contribution in [0.4, 0.5) is 0 Å². The summed E-state index contributed by atoms with van der Waals surface area (Å²) in [7, 11) is 0. The van der Waals surface area contributed by atoms with Crippen molar-refractivity contribution < 1.29 is 4.79 Å². The van der Waals surface area contributed by atoms with Crippen LogP contribution in [0.15, 0.2) is 24.3 Å². The lowest BCUT2D eigenvalue weighted by Gasteiger charge is -2.12. The minimum atomic E-state index is -0.0218. The summed E-state index contributed by atoms with van der Waals surface area (Å²) in [6.07, 6.45) is 1.19. The van der Waals surface area contributed by atoms with E-state index in [0.29, 0.717) is 17.5 Å². The Labute approximate surface area is 106 Å². The summed E-state index contributed by atoms with van der Waals surface area (Å²) in [6.45, 7) is 2.06. The van der Waals surface area contributed by atoms with Crippen molar-refractivity contribution in [2.24, 2.45) is 0 Å². The Morgan fingerprint density at radius 2 is 2.24 bits per heavy atom. The average Bonchev–Trinajstić information content (AvgIpc) is 2.67. The van der Waals surface area contributed by atoms with Crippen LogP contribution in [0.3, 0.4) is 0 Å². The van der Waals surface area contributed by atoms with E-state index in [-0.39, 0.29) is 12.1 Å². The molecule has 2 rings (SSSR count). The third-order valence-electron chi connectivity index (χ3n) is 2.74. The van der Waals surface area contributed by atoms with Gasteiger partial charge >= 0.3 is 0 Å². The van der Waals surface area contributed by atoms with Crippen molar-refractivity contribution in [2.75, 3.05) is 0 Å². The van der Waals surface area contributed by atoms with Gasteiger partial charge in [-0.25, -0.2) is 5.43 Å². The fourth-order valence-electron chi connectivity index (χ4n) is 1.87. The van der Waals surface area contributed by atoms with Gasteiger partial charge in [-0.15, -0.1) is 0 Å². The Morgan fingerprint density at radius 1 is 1.47 bits per heavy atom. The number of hydrazine groups is 1. The van der Waals surface area contributed by atoms with Gasteiger partial charge in [-0.05, 0) is 25.0 Å². The number of hydrogen-bond acceptors (Lipinski definition) is 3. The number of carbonyl (C=O) groups is 1. The molecule has 2 atom stereocenters. The fourth-order valence-corrected chi connectivity index (χ4v) is 2.07. The van der Waals surface area contributed by atoms with E-state index in [9.17, 15) is 4.79 Å². The topological polar surface area (TPSA) is 53.2 Å². The van der Waals surface area contributed by atoms with Crippen molar-refractivity contribution in [1.29, 1.82) is 0 Å². The Morgan fingerprint density at radius 3 is 2.88 bits per heavy atom. The maximum absolute atomic E-state index is 11.8. The maximum atomic E-state index is 11.8. The van der Waals surface area contributed by atoms with Gasteiger partial charge in [-0.2, -0.15) is 0 Å². The molecule has 0 saturated carbocycles. The average molecular weight is 254 g/mol. The molecule has 1 aromatic carbocycles.